The summed E-state index contributed by atoms with van der Waals surface area (Å²) in [6, 6.07) is 6.21. The van der Waals surface area contributed by atoms with Crippen LogP contribution in [0.15, 0.2) is 24.4 Å². The summed E-state index contributed by atoms with van der Waals surface area (Å²) < 4.78 is 1.86. The minimum atomic E-state index is -0.475. The molecule has 2 aromatic rings. The number of aliphatic hydroxyl groups is 1. The molecule has 15 heavy (non-hydrogen) atoms. The molecule has 1 aliphatic carbocycles. The summed E-state index contributed by atoms with van der Waals surface area (Å²) in [6.45, 7) is 2.70. The number of rotatable bonds is 2. The zero-order valence-corrected chi connectivity index (χ0v) is 8.77. The van der Waals surface area contributed by atoms with Crippen LogP contribution in [0.4, 0.5) is 0 Å². The van der Waals surface area contributed by atoms with E-state index in [0.717, 1.165) is 23.7 Å². The van der Waals surface area contributed by atoms with Crippen molar-refractivity contribution in [1.29, 1.82) is 0 Å². The normalized spacial score (nSPS) is 18.3. The molecule has 3 nitrogen and oxygen atoms in total. The van der Waals surface area contributed by atoms with Crippen LogP contribution in [0.3, 0.4) is 0 Å². The average Bonchev–Trinajstić information content (AvgIpc) is 2.76. The van der Waals surface area contributed by atoms with Gasteiger partial charge in [0.15, 0.2) is 0 Å². The Morgan fingerprint density at radius 3 is 3.00 bits per heavy atom. The highest BCUT2D eigenvalue weighted by atomic mass is 16.3. The summed E-state index contributed by atoms with van der Waals surface area (Å²) in [5, 5.41) is 15.4. The predicted octanol–water partition coefficient (Wildman–Crippen LogP) is 1.87. The molecule has 1 aromatic carbocycles. The van der Waals surface area contributed by atoms with E-state index in [1.165, 1.54) is 5.56 Å². The van der Waals surface area contributed by atoms with Crippen molar-refractivity contribution in [3.63, 3.8) is 0 Å². The fraction of sp³-hybridized carbons (Fsp3) is 0.417. The second-order valence-corrected chi connectivity index (χ2v) is 4.61. The number of nitrogens with zero attached hydrogens (tertiary/aromatic N) is 2. The first-order valence-electron chi connectivity index (χ1n) is 5.31. The lowest BCUT2D eigenvalue weighted by Gasteiger charge is -2.05. The van der Waals surface area contributed by atoms with Gasteiger partial charge in [0.2, 0.25) is 0 Å². The van der Waals surface area contributed by atoms with E-state index in [1.54, 1.807) is 0 Å². The van der Waals surface area contributed by atoms with Crippen molar-refractivity contribution in [2.24, 2.45) is 0 Å². The lowest BCUT2D eigenvalue weighted by molar-refractivity contribution is 0.125. The quantitative estimate of drug-likeness (QED) is 0.807. The van der Waals surface area contributed by atoms with Gasteiger partial charge in [-0.05, 0) is 31.9 Å². The van der Waals surface area contributed by atoms with Gasteiger partial charge in [-0.2, -0.15) is 5.10 Å². The summed E-state index contributed by atoms with van der Waals surface area (Å²) >= 11 is 0. The van der Waals surface area contributed by atoms with Crippen molar-refractivity contribution in [3.8, 4) is 0 Å². The highest BCUT2D eigenvalue weighted by Crippen LogP contribution is 2.36. The first kappa shape index (κ1) is 8.92. The second-order valence-electron chi connectivity index (χ2n) is 4.61. The molecule has 1 N–H and O–H groups in total. The Balaban J connectivity index is 1.99. The molecule has 0 amide bonds. The van der Waals surface area contributed by atoms with Crippen LogP contribution >= 0.6 is 0 Å². The first-order valence-corrected chi connectivity index (χ1v) is 5.31. The minimum Gasteiger partial charge on any atom is -0.388 e. The molecule has 1 aliphatic rings. The van der Waals surface area contributed by atoms with Crippen LogP contribution in [0.1, 0.15) is 18.4 Å². The molecule has 0 bridgehead atoms. The number of hydrogen-bond donors (Lipinski definition) is 1. The first-order chi connectivity index (χ1) is 7.15. The van der Waals surface area contributed by atoms with Crippen LogP contribution in [0.2, 0.25) is 0 Å². The number of fused-ring (bicyclic) bond motifs is 1. The molecular formula is C12H14N2O. The topological polar surface area (TPSA) is 38.0 Å². The molecule has 1 aromatic heterocycles. The van der Waals surface area contributed by atoms with E-state index in [9.17, 15) is 5.11 Å². The second kappa shape index (κ2) is 2.83. The fourth-order valence-corrected chi connectivity index (χ4v) is 1.88. The average molecular weight is 202 g/mol. The van der Waals surface area contributed by atoms with Crippen LogP contribution in [0.25, 0.3) is 10.9 Å². The molecule has 3 rings (SSSR count). The zero-order chi connectivity index (χ0) is 10.5. The Kier molecular flexibility index (Phi) is 1.68. The maximum absolute atomic E-state index is 9.80. The van der Waals surface area contributed by atoms with Crippen molar-refractivity contribution in [2.45, 2.75) is 31.9 Å². The van der Waals surface area contributed by atoms with Crippen molar-refractivity contribution < 1.29 is 5.11 Å². The van der Waals surface area contributed by atoms with Gasteiger partial charge in [-0.15, -0.1) is 0 Å². The van der Waals surface area contributed by atoms with Crippen molar-refractivity contribution in [3.05, 3.63) is 30.0 Å². The molecule has 0 atom stereocenters. The largest absolute Gasteiger partial charge is 0.388 e. The third-order valence-electron chi connectivity index (χ3n) is 2.99. The number of hydrogen-bond acceptors (Lipinski definition) is 2. The lowest BCUT2D eigenvalue weighted by atomic mass is 10.2. The maximum atomic E-state index is 9.80. The number of aryl methyl sites for hydroxylation is 1. The van der Waals surface area contributed by atoms with E-state index in [2.05, 4.69) is 24.2 Å². The van der Waals surface area contributed by atoms with E-state index in [4.69, 9.17) is 0 Å². The zero-order valence-electron chi connectivity index (χ0n) is 8.77. The Morgan fingerprint density at radius 2 is 2.27 bits per heavy atom. The Hall–Kier alpha value is -1.35. The summed E-state index contributed by atoms with van der Waals surface area (Å²) in [4.78, 5) is 0. The Bertz CT molecular complexity index is 511. The van der Waals surface area contributed by atoms with Gasteiger partial charge in [0.25, 0.3) is 0 Å². The molecule has 0 unspecified atom stereocenters. The van der Waals surface area contributed by atoms with Crippen LogP contribution in [0.5, 0.6) is 0 Å². The van der Waals surface area contributed by atoms with Gasteiger partial charge >= 0.3 is 0 Å². The number of benzene rings is 1. The van der Waals surface area contributed by atoms with Crippen molar-refractivity contribution >= 4 is 10.9 Å². The molecule has 1 fully saturated rings. The van der Waals surface area contributed by atoms with E-state index in [0.29, 0.717) is 6.54 Å². The van der Waals surface area contributed by atoms with Gasteiger partial charge in [-0.25, -0.2) is 0 Å². The van der Waals surface area contributed by atoms with Gasteiger partial charge in [0, 0.05) is 11.6 Å². The summed E-state index contributed by atoms with van der Waals surface area (Å²) in [5.41, 5.74) is 1.77. The summed E-state index contributed by atoms with van der Waals surface area (Å²) in [7, 11) is 0. The van der Waals surface area contributed by atoms with Gasteiger partial charge in [-0.3, -0.25) is 4.68 Å². The molecule has 3 heteroatoms. The van der Waals surface area contributed by atoms with Crippen LogP contribution in [-0.2, 0) is 6.54 Å². The van der Waals surface area contributed by atoms with E-state index < -0.39 is 5.60 Å². The van der Waals surface area contributed by atoms with Gasteiger partial charge < -0.3 is 5.11 Å². The van der Waals surface area contributed by atoms with Crippen LogP contribution < -0.4 is 0 Å². The smallest absolute Gasteiger partial charge is 0.0923 e. The minimum absolute atomic E-state index is 0.475. The molecule has 1 heterocycles. The van der Waals surface area contributed by atoms with E-state index in [1.807, 2.05) is 16.9 Å². The summed E-state index contributed by atoms with van der Waals surface area (Å²) in [6.07, 6.45) is 3.82. The Labute approximate surface area is 88.3 Å². The molecular weight excluding hydrogens is 188 g/mol. The van der Waals surface area contributed by atoms with Crippen molar-refractivity contribution in [2.75, 3.05) is 0 Å². The highest BCUT2D eigenvalue weighted by molar-refractivity contribution is 5.78. The van der Waals surface area contributed by atoms with Gasteiger partial charge in [-0.1, -0.05) is 11.6 Å². The fourth-order valence-electron chi connectivity index (χ4n) is 1.88. The summed E-state index contributed by atoms with van der Waals surface area (Å²) in [5.74, 6) is 0. The molecule has 1 saturated carbocycles. The van der Waals surface area contributed by atoms with E-state index in [-0.39, 0.29) is 0 Å². The molecule has 0 aliphatic heterocycles. The standard InChI is InChI=1S/C12H14N2O/c1-9-2-3-11-10(6-9)7-14(13-11)8-12(15)4-5-12/h2-3,6-7,15H,4-5,8H2,1H3. The third kappa shape index (κ3) is 1.63. The third-order valence-corrected chi connectivity index (χ3v) is 2.99. The van der Waals surface area contributed by atoms with E-state index >= 15 is 0 Å². The number of aromatic nitrogens is 2. The molecule has 0 radical (unpaired) electrons. The van der Waals surface area contributed by atoms with Gasteiger partial charge in [0.1, 0.15) is 0 Å². The Morgan fingerprint density at radius 1 is 1.47 bits per heavy atom. The molecule has 0 saturated heterocycles. The molecule has 0 spiro atoms. The van der Waals surface area contributed by atoms with Crippen LogP contribution in [-0.4, -0.2) is 20.5 Å². The van der Waals surface area contributed by atoms with Gasteiger partial charge in [0.05, 0.1) is 17.7 Å². The monoisotopic (exact) mass is 202 g/mol. The van der Waals surface area contributed by atoms with Crippen LogP contribution in [0, 0.1) is 6.92 Å². The maximum Gasteiger partial charge on any atom is 0.0923 e. The highest BCUT2D eigenvalue weighted by Gasteiger charge is 2.40. The molecule has 78 valence electrons. The predicted molar refractivity (Wildman–Crippen MR) is 58.7 cm³/mol. The SMILES string of the molecule is Cc1ccc2nn(CC3(O)CC3)cc2c1. The lowest BCUT2D eigenvalue weighted by Crippen LogP contribution is -2.16. The van der Waals surface area contributed by atoms with Crippen molar-refractivity contribution in [1.82, 2.24) is 9.78 Å².